The first-order chi connectivity index (χ1) is 23.1. The molecule has 0 aromatic carbocycles. The molecule has 0 bridgehead atoms. The van der Waals surface area contributed by atoms with Crippen LogP contribution in [-0.2, 0) is 27.9 Å². The van der Waals surface area contributed by atoms with Crippen LogP contribution in [-0.4, -0.2) is 75.6 Å². The van der Waals surface area contributed by atoms with Crippen LogP contribution >= 0.6 is 7.82 Å². The Morgan fingerprint density at radius 1 is 0.667 bits per heavy atom. The van der Waals surface area contributed by atoms with Crippen molar-refractivity contribution < 1.29 is 37.3 Å². The van der Waals surface area contributed by atoms with Gasteiger partial charge in [0.05, 0.1) is 34.4 Å². The molecule has 0 fully saturated rings. The maximum absolute atomic E-state index is 12.5. The monoisotopic (exact) mass is 699 g/mol. The van der Waals surface area contributed by atoms with E-state index in [-0.39, 0.29) is 25.8 Å². The lowest BCUT2D eigenvalue weighted by Crippen LogP contribution is -2.37. The van der Waals surface area contributed by atoms with Gasteiger partial charge in [0.25, 0.3) is 0 Å². The van der Waals surface area contributed by atoms with E-state index in [1.54, 1.807) is 0 Å². The van der Waals surface area contributed by atoms with Crippen LogP contribution in [0.2, 0.25) is 0 Å². The maximum atomic E-state index is 12.5. The van der Waals surface area contributed by atoms with Gasteiger partial charge in [-0.25, -0.2) is 4.57 Å². The molecule has 0 radical (unpaired) electrons. The van der Waals surface area contributed by atoms with Gasteiger partial charge in [0.15, 0.2) is 0 Å². The topological polar surface area (TPSA) is 91.3 Å². The summed E-state index contributed by atoms with van der Waals surface area (Å²) in [4.78, 5) is 22.6. The normalized spacial score (nSPS) is 14.5. The summed E-state index contributed by atoms with van der Waals surface area (Å²) >= 11 is 0. The second kappa shape index (κ2) is 32.7. The first-order valence-corrected chi connectivity index (χ1v) is 20.4. The molecule has 280 valence electrons. The van der Waals surface area contributed by atoms with Crippen LogP contribution in [0, 0.1) is 0 Å². The number of quaternary nitrogens is 1. The molecule has 0 aliphatic heterocycles. The standard InChI is InChI=1S/C39H72NO7P/c1-6-8-10-12-14-15-16-17-18-19-20-21-22-23-24-25-26-27-29-31-34-44-36-38(47-39(41)32-30-28-13-11-9-7-2)37-46-48(42,43)45-35-33-40(3,4)5/h8,10,14-15,17-18,20-21,38H,6-7,9,11-13,16,19,22-37H2,1-5H3/p+1/b10-8-,15-14-,18-17-,21-20-. The molecule has 8 nitrogen and oxygen atoms in total. The third kappa shape index (κ3) is 35.8. The molecule has 0 saturated heterocycles. The molecule has 2 unspecified atom stereocenters. The molecular weight excluding hydrogens is 625 g/mol. The van der Waals surface area contributed by atoms with Gasteiger partial charge in [-0.05, 0) is 51.4 Å². The average Bonchev–Trinajstić information content (AvgIpc) is 3.03. The van der Waals surface area contributed by atoms with Gasteiger partial charge in [-0.15, -0.1) is 0 Å². The zero-order valence-corrected chi connectivity index (χ0v) is 32.4. The average molecular weight is 699 g/mol. The number of nitrogens with zero attached hydrogens (tertiary/aromatic N) is 1. The van der Waals surface area contributed by atoms with E-state index < -0.39 is 13.9 Å². The van der Waals surface area contributed by atoms with E-state index in [1.165, 1.54) is 51.4 Å². The SMILES string of the molecule is CC/C=C\C/C=C\C/C=C\C/C=C\CCCCCCCCCOCC(COP(=O)(O)OCC[N+](C)(C)C)OC(=O)CCCCCCCC. The molecule has 0 aliphatic rings. The zero-order chi connectivity index (χ0) is 35.6. The number of likely N-dealkylation sites (N-methyl/N-ethyl adjacent to an activating group) is 1. The number of carbonyl (C=O) groups excluding carboxylic acids is 1. The molecular formula is C39H73NO7P+. The molecule has 0 rings (SSSR count). The number of hydrogen-bond acceptors (Lipinski definition) is 6. The van der Waals surface area contributed by atoms with E-state index >= 15 is 0 Å². The summed E-state index contributed by atoms with van der Waals surface area (Å²) in [5, 5.41) is 0. The Labute approximate surface area is 295 Å². The first-order valence-electron chi connectivity index (χ1n) is 18.9. The Kier molecular flexibility index (Phi) is 31.6. The van der Waals surface area contributed by atoms with Crippen molar-refractivity contribution in [1.82, 2.24) is 0 Å². The lowest BCUT2D eigenvalue weighted by molar-refractivity contribution is -0.870. The van der Waals surface area contributed by atoms with Gasteiger partial charge in [0, 0.05) is 13.0 Å². The van der Waals surface area contributed by atoms with Crippen molar-refractivity contribution in [3.05, 3.63) is 48.6 Å². The molecule has 0 heterocycles. The Balaban J connectivity index is 4.15. The van der Waals surface area contributed by atoms with Crippen molar-refractivity contribution >= 4 is 13.8 Å². The number of rotatable bonds is 34. The number of hydrogen-bond donors (Lipinski definition) is 1. The van der Waals surface area contributed by atoms with E-state index in [4.69, 9.17) is 18.5 Å². The first kappa shape index (κ1) is 46.5. The van der Waals surface area contributed by atoms with Crippen molar-refractivity contribution in [3.63, 3.8) is 0 Å². The summed E-state index contributed by atoms with van der Waals surface area (Å²) in [7, 11) is 1.65. The fourth-order valence-electron chi connectivity index (χ4n) is 4.72. The molecule has 1 N–H and O–H groups in total. The number of carbonyl (C=O) groups is 1. The Hall–Kier alpha value is -1.54. The van der Waals surface area contributed by atoms with E-state index in [9.17, 15) is 14.3 Å². The van der Waals surface area contributed by atoms with Crippen LogP contribution in [0.5, 0.6) is 0 Å². The summed E-state index contributed by atoms with van der Waals surface area (Å²) in [5.74, 6) is -0.330. The Morgan fingerprint density at radius 3 is 1.81 bits per heavy atom. The van der Waals surface area contributed by atoms with Gasteiger partial charge < -0.3 is 18.9 Å². The van der Waals surface area contributed by atoms with Gasteiger partial charge in [0.1, 0.15) is 19.3 Å². The molecule has 48 heavy (non-hydrogen) atoms. The van der Waals surface area contributed by atoms with Crippen molar-refractivity contribution in [1.29, 1.82) is 0 Å². The van der Waals surface area contributed by atoms with E-state index in [0.717, 1.165) is 64.2 Å². The zero-order valence-electron chi connectivity index (χ0n) is 31.5. The van der Waals surface area contributed by atoms with Gasteiger partial charge in [0.2, 0.25) is 0 Å². The predicted octanol–water partition coefficient (Wildman–Crippen LogP) is 10.4. The van der Waals surface area contributed by atoms with Crippen LogP contribution < -0.4 is 0 Å². The minimum atomic E-state index is -4.26. The molecule has 0 aromatic rings. The summed E-state index contributed by atoms with van der Waals surface area (Å²) < 4.78 is 34.7. The van der Waals surface area contributed by atoms with Gasteiger partial charge in [-0.1, -0.05) is 127 Å². The van der Waals surface area contributed by atoms with Gasteiger partial charge in [-0.3, -0.25) is 13.8 Å². The van der Waals surface area contributed by atoms with Gasteiger partial charge in [-0.2, -0.15) is 0 Å². The van der Waals surface area contributed by atoms with Crippen molar-refractivity contribution in [2.24, 2.45) is 0 Å². The number of phosphoric ester groups is 1. The van der Waals surface area contributed by atoms with Crippen LogP contribution in [0.25, 0.3) is 0 Å². The number of phosphoric acid groups is 1. The fraction of sp³-hybridized carbons (Fsp3) is 0.769. The quantitative estimate of drug-likeness (QED) is 0.0235. The number of ether oxygens (including phenoxy) is 2. The Bertz CT molecular complexity index is 911. The molecule has 0 aliphatic carbocycles. The minimum Gasteiger partial charge on any atom is -0.457 e. The van der Waals surface area contributed by atoms with E-state index in [1.807, 2.05) is 21.1 Å². The highest BCUT2D eigenvalue weighted by atomic mass is 31.2. The smallest absolute Gasteiger partial charge is 0.457 e. The highest BCUT2D eigenvalue weighted by Gasteiger charge is 2.26. The van der Waals surface area contributed by atoms with Crippen molar-refractivity contribution in [3.8, 4) is 0 Å². The fourth-order valence-corrected chi connectivity index (χ4v) is 5.46. The van der Waals surface area contributed by atoms with Gasteiger partial charge >= 0.3 is 13.8 Å². The Morgan fingerprint density at radius 2 is 1.21 bits per heavy atom. The van der Waals surface area contributed by atoms with Crippen LogP contribution in [0.1, 0.15) is 136 Å². The second-order valence-electron chi connectivity index (χ2n) is 13.6. The lowest BCUT2D eigenvalue weighted by Gasteiger charge is -2.24. The molecule has 0 aromatic heterocycles. The number of allylic oxidation sites excluding steroid dienone is 8. The lowest BCUT2D eigenvalue weighted by atomic mass is 10.1. The van der Waals surface area contributed by atoms with E-state index in [0.29, 0.717) is 24.1 Å². The molecule has 9 heteroatoms. The molecule has 0 spiro atoms. The van der Waals surface area contributed by atoms with Crippen LogP contribution in [0.3, 0.4) is 0 Å². The molecule has 0 saturated carbocycles. The summed E-state index contributed by atoms with van der Waals surface area (Å²) in [6, 6.07) is 0. The highest BCUT2D eigenvalue weighted by molar-refractivity contribution is 7.47. The molecule has 2 atom stereocenters. The third-order valence-electron chi connectivity index (χ3n) is 7.65. The molecule has 0 amide bonds. The van der Waals surface area contributed by atoms with Crippen LogP contribution in [0.15, 0.2) is 48.6 Å². The summed E-state index contributed by atoms with van der Waals surface area (Å²) in [6.07, 6.45) is 37.4. The third-order valence-corrected chi connectivity index (χ3v) is 8.64. The number of esters is 1. The van der Waals surface area contributed by atoms with E-state index in [2.05, 4.69) is 62.5 Å². The largest absolute Gasteiger partial charge is 0.472 e. The van der Waals surface area contributed by atoms with Crippen molar-refractivity contribution in [2.75, 3.05) is 54.1 Å². The minimum absolute atomic E-state index is 0.0849. The summed E-state index contributed by atoms with van der Waals surface area (Å²) in [6.45, 7) is 5.40. The number of unbranched alkanes of at least 4 members (excludes halogenated alkanes) is 12. The van der Waals surface area contributed by atoms with Crippen molar-refractivity contribution in [2.45, 2.75) is 142 Å². The maximum Gasteiger partial charge on any atom is 0.472 e. The predicted molar refractivity (Wildman–Crippen MR) is 201 cm³/mol. The summed E-state index contributed by atoms with van der Waals surface area (Å²) in [5.41, 5.74) is 0. The second-order valence-corrected chi connectivity index (χ2v) is 15.0. The highest BCUT2D eigenvalue weighted by Crippen LogP contribution is 2.43. The van der Waals surface area contributed by atoms with Crippen LogP contribution in [0.4, 0.5) is 0 Å².